The van der Waals surface area contributed by atoms with Crippen molar-refractivity contribution >= 4 is 23.6 Å². The number of halogens is 2. The molecule has 176 valence electrons. The Morgan fingerprint density at radius 2 is 2.06 bits per heavy atom. The lowest BCUT2D eigenvalue weighted by molar-refractivity contribution is 0.0690. The summed E-state index contributed by atoms with van der Waals surface area (Å²) in [6.45, 7) is 4.04. The van der Waals surface area contributed by atoms with Crippen LogP contribution in [0.25, 0.3) is 6.08 Å². The Morgan fingerprint density at radius 1 is 1.26 bits per heavy atom. The van der Waals surface area contributed by atoms with Gasteiger partial charge in [-0.15, -0.1) is 0 Å². The van der Waals surface area contributed by atoms with Gasteiger partial charge >= 0.3 is 5.97 Å². The third-order valence-electron chi connectivity index (χ3n) is 6.58. The first-order valence-corrected chi connectivity index (χ1v) is 11.7. The molecule has 0 radical (unpaired) electrons. The highest BCUT2D eigenvalue weighted by atomic mass is 35.5. The summed E-state index contributed by atoms with van der Waals surface area (Å²) in [6, 6.07) is 10.8. The van der Waals surface area contributed by atoms with E-state index >= 15 is 0 Å². The topological polar surface area (TPSA) is 78.5 Å². The number of nitrogens with one attached hydrogen (secondary N) is 1. The zero-order chi connectivity index (χ0) is 23.8. The number of ether oxygens (including phenoxy) is 1. The first kappa shape index (κ1) is 22.6. The number of hydrogen-bond acceptors (Lipinski definition) is 4. The third kappa shape index (κ3) is 4.45. The number of piperidine rings is 1. The van der Waals surface area contributed by atoms with Gasteiger partial charge in [0, 0.05) is 21.8 Å². The number of aromatic nitrogens is 2. The Balaban J connectivity index is 1.29. The molecule has 1 fully saturated rings. The van der Waals surface area contributed by atoms with E-state index in [1.54, 1.807) is 19.1 Å². The Hall–Kier alpha value is -3.16. The highest BCUT2D eigenvalue weighted by molar-refractivity contribution is 6.30. The van der Waals surface area contributed by atoms with Crippen LogP contribution in [0.3, 0.4) is 0 Å². The van der Waals surface area contributed by atoms with E-state index in [0.29, 0.717) is 34.6 Å². The highest BCUT2D eigenvalue weighted by Crippen LogP contribution is 2.42. The van der Waals surface area contributed by atoms with Crippen LogP contribution in [0, 0.1) is 12.7 Å². The summed E-state index contributed by atoms with van der Waals surface area (Å²) in [5.74, 6) is 0.414. The summed E-state index contributed by atoms with van der Waals surface area (Å²) in [5, 5.41) is 9.58. The predicted octanol–water partition coefficient (Wildman–Crippen LogP) is 5.74. The SMILES string of the molecule is Cc1[nH]c(CN2CCC(c3cccc4c3OC(c3ccc(Cl)cc3F)C=C4)CC2)nc1C(=O)O. The lowest BCUT2D eigenvalue weighted by atomic mass is 9.87. The number of para-hydroxylation sites is 1. The summed E-state index contributed by atoms with van der Waals surface area (Å²) >= 11 is 5.91. The number of fused-ring (bicyclic) bond motifs is 1. The normalized spacial score (nSPS) is 18.5. The van der Waals surface area contributed by atoms with Crippen molar-refractivity contribution in [1.82, 2.24) is 14.9 Å². The van der Waals surface area contributed by atoms with Gasteiger partial charge in [0.05, 0.1) is 6.54 Å². The fraction of sp³-hybridized carbons (Fsp3) is 0.308. The average molecular weight is 482 g/mol. The second kappa shape index (κ2) is 9.24. The fourth-order valence-electron chi connectivity index (χ4n) is 4.84. The van der Waals surface area contributed by atoms with Crippen molar-refractivity contribution in [3.8, 4) is 5.75 Å². The molecule has 3 heterocycles. The smallest absolute Gasteiger partial charge is 0.356 e. The third-order valence-corrected chi connectivity index (χ3v) is 6.81. The Morgan fingerprint density at radius 3 is 2.76 bits per heavy atom. The van der Waals surface area contributed by atoms with E-state index in [1.807, 2.05) is 24.3 Å². The minimum atomic E-state index is -1.02. The van der Waals surface area contributed by atoms with Gasteiger partial charge in [0.25, 0.3) is 0 Å². The number of nitrogens with zero attached hydrogens (tertiary/aromatic N) is 2. The molecule has 1 unspecified atom stereocenters. The van der Waals surface area contributed by atoms with Gasteiger partial charge in [0.2, 0.25) is 0 Å². The van der Waals surface area contributed by atoms with E-state index in [4.69, 9.17) is 16.3 Å². The van der Waals surface area contributed by atoms with Crippen molar-refractivity contribution in [3.63, 3.8) is 0 Å². The quantitative estimate of drug-likeness (QED) is 0.486. The number of aromatic carboxylic acids is 1. The lowest BCUT2D eigenvalue weighted by Crippen LogP contribution is -2.33. The van der Waals surface area contributed by atoms with Crippen molar-refractivity contribution in [2.75, 3.05) is 13.1 Å². The number of aromatic amines is 1. The van der Waals surface area contributed by atoms with Crippen LogP contribution in [0.5, 0.6) is 5.75 Å². The molecule has 0 saturated carbocycles. The highest BCUT2D eigenvalue weighted by Gasteiger charge is 2.28. The van der Waals surface area contributed by atoms with Gasteiger partial charge in [-0.05, 0) is 62.5 Å². The lowest BCUT2D eigenvalue weighted by Gasteiger charge is -2.33. The number of rotatable bonds is 5. The van der Waals surface area contributed by atoms with Gasteiger partial charge in [-0.1, -0.05) is 41.9 Å². The fourth-order valence-corrected chi connectivity index (χ4v) is 5.00. The van der Waals surface area contributed by atoms with Crippen molar-refractivity contribution in [1.29, 1.82) is 0 Å². The molecular weight excluding hydrogens is 457 g/mol. The van der Waals surface area contributed by atoms with Gasteiger partial charge in [-0.25, -0.2) is 14.2 Å². The van der Waals surface area contributed by atoms with E-state index in [-0.39, 0.29) is 11.5 Å². The minimum Gasteiger partial charge on any atom is -0.481 e. The van der Waals surface area contributed by atoms with E-state index in [9.17, 15) is 14.3 Å². The molecule has 5 rings (SSSR count). The maximum absolute atomic E-state index is 14.5. The van der Waals surface area contributed by atoms with E-state index in [1.165, 1.54) is 6.07 Å². The summed E-state index contributed by atoms with van der Waals surface area (Å²) in [4.78, 5) is 20.8. The summed E-state index contributed by atoms with van der Waals surface area (Å²) in [5.41, 5.74) is 3.26. The number of carbonyl (C=O) groups is 1. The molecule has 3 aromatic rings. The monoisotopic (exact) mass is 481 g/mol. The standard InChI is InChI=1S/C26H25ClFN3O3/c1-15-24(26(32)33)30-23(29-15)14-31-11-9-16(10-12-31)19-4-2-3-17-5-8-22(34-25(17)19)20-7-6-18(27)13-21(20)28/h2-8,13,16,22H,9-12,14H2,1H3,(H,29,30)(H,32,33). The number of H-pyrrole nitrogens is 1. The zero-order valence-electron chi connectivity index (χ0n) is 18.7. The van der Waals surface area contributed by atoms with Crippen LogP contribution >= 0.6 is 11.6 Å². The molecule has 1 saturated heterocycles. The summed E-state index contributed by atoms with van der Waals surface area (Å²) in [6.07, 6.45) is 5.24. The maximum Gasteiger partial charge on any atom is 0.356 e. The molecular formula is C26H25ClFN3O3. The Labute approximate surface area is 202 Å². The second-order valence-corrected chi connectivity index (χ2v) is 9.28. The molecule has 2 aliphatic rings. The molecule has 8 heteroatoms. The van der Waals surface area contributed by atoms with E-state index in [0.717, 1.165) is 42.8 Å². The van der Waals surface area contributed by atoms with Crippen LogP contribution in [0.2, 0.25) is 5.02 Å². The molecule has 2 N–H and O–H groups in total. The van der Waals surface area contributed by atoms with Gasteiger partial charge in [-0.3, -0.25) is 4.90 Å². The molecule has 0 amide bonds. The van der Waals surface area contributed by atoms with Crippen molar-refractivity contribution in [2.45, 2.75) is 38.3 Å². The van der Waals surface area contributed by atoms with Crippen LogP contribution in [-0.2, 0) is 6.54 Å². The van der Waals surface area contributed by atoms with Gasteiger partial charge in [0.1, 0.15) is 23.5 Å². The van der Waals surface area contributed by atoms with Gasteiger partial charge in [0.15, 0.2) is 5.69 Å². The van der Waals surface area contributed by atoms with Gasteiger partial charge < -0.3 is 14.8 Å². The Kier molecular flexibility index (Phi) is 6.15. The van der Waals surface area contributed by atoms with E-state index < -0.39 is 12.1 Å². The molecule has 2 aliphatic heterocycles. The first-order valence-electron chi connectivity index (χ1n) is 11.3. The van der Waals surface area contributed by atoms with Crippen LogP contribution in [-0.4, -0.2) is 39.0 Å². The van der Waals surface area contributed by atoms with Crippen LogP contribution in [0.1, 0.15) is 63.6 Å². The number of carboxylic acids is 1. The predicted molar refractivity (Wildman–Crippen MR) is 128 cm³/mol. The zero-order valence-corrected chi connectivity index (χ0v) is 19.5. The average Bonchev–Trinajstić information content (AvgIpc) is 3.19. The molecule has 2 aromatic carbocycles. The van der Waals surface area contributed by atoms with Crippen LogP contribution < -0.4 is 4.74 Å². The summed E-state index contributed by atoms with van der Waals surface area (Å²) in [7, 11) is 0. The number of imidazole rings is 1. The Bertz CT molecular complexity index is 1260. The number of carboxylic acid groups (broad SMARTS) is 1. The van der Waals surface area contributed by atoms with Crippen LogP contribution in [0.4, 0.5) is 4.39 Å². The van der Waals surface area contributed by atoms with Crippen molar-refractivity contribution in [3.05, 3.63) is 87.2 Å². The van der Waals surface area contributed by atoms with E-state index in [2.05, 4.69) is 20.9 Å². The van der Waals surface area contributed by atoms with Crippen molar-refractivity contribution < 1.29 is 19.0 Å². The number of benzene rings is 2. The molecule has 0 aliphatic carbocycles. The minimum absolute atomic E-state index is 0.0812. The molecule has 0 spiro atoms. The number of hydrogen-bond donors (Lipinski definition) is 2. The second-order valence-electron chi connectivity index (χ2n) is 8.84. The maximum atomic E-state index is 14.5. The van der Waals surface area contributed by atoms with Crippen LogP contribution in [0.15, 0.2) is 42.5 Å². The molecule has 1 atom stereocenters. The van der Waals surface area contributed by atoms with Gasteiger partial charge in [-0.2, -0.15) is 0 Å². The molecule has 0 bridgehead atoms. The molecule has 34 heavy (non-hydrogen) atoms. The first-order chi connectivity index (χ1) is 16.4. The molecule has 1 aromatic heterocycles. The molecule has 6 nitrogen and oxygen atoms in total. The number of aryl methyl sites for hydroxylation is 1. The van der Waals surface area contributed by atoms with Crippen molar-refractivity contribution in [2.24, 2.45) is 0 Å². The summed E-state index contributed by atoms with van der Waals surface area (Å²) < 4.78 is 20.8. The largest absolute Gasteiger partial charge is 0.481 e. The number of likely N-dealkylation sites (tertiary alicyclic amines) is 1.